The van der Waals surface area contributed by atoms with Crippen LogP contribution in [0.4, 0.5) is 5.69 Å². The molecular formula is C16H16BrNO2S. The van der Waals surface area contributed by atoms with E-state index in [0.717, 1.165) is 20.6 Å². The summed E-state index contributed by atoms with van der Waals surface area (Å²) in [6.07, 6.45) is 2.02. The van der Waals surface area contributed by atoms with Crippen LogP contribution in [0, 0.1) is 6.92 Å². The Kier molecular flexibility index (Phi) is 5.70. The van der Waals surface area contributed by atoms with Crippen molar-refractivity contribution in [1.29, 1.82) is 0 Å². The maximum Gasteiger partial charge on any atom is 0.262 e. The highest BCUT2D eigenvalue weighted by Gasteiger charge is 2.06. The topological polar surface area (TPSA) is 38.3 Å². The Hall–Kier alpha value is -1.46. The van der Waals surface area contributed by atoms with Gasteiger partial charge < -0.3 is 10.1 Å². The van der Waals surface area contributed by atoms with Crippen LogP contribution in [0.2, 0.25) is 0 Å². The molecule has 2 aromatic rings. The summed E-state index contributed by atoms with van der Waals surface area (Å²) in [6, 6.07) is 13.4. The minimum atomic E-state index is -0.187. The highest BCUT2D eigenvalue weighted by atomic mass is 79.9. The molecule has 0 saturated heterocycles. The average molecular weight is 366 g/mol. The van der Waals surface area contributed by atoms with Crippen molar-refractivity contribution in [2.24, 2.45) is 0 Å². The minimum absolute atomic E-state index is 0.0149. The Morgan fingerprint density at radius 3 is 2.57 bits per heavy atom. The average Bonchev–Trinajstić information content (AvgIpc) is 2.48. The number of amides is 1. The smallest absolute Gasteiger partial charge is 0.262 e. The zero-order valence-electron chi connectivity index (χ0n) is 11.9. The lowest BCUT2D eigenvalue weighted by Crippen LogP contribution is -2.20. The van der Waals surface area contributed by atoms with Crippen LogP contribution in [0.25, 0.3) is 0 Å². The summed E-state index contributed by atoms with van der Waals surface area (Å²) >= 11 is 5.10. The van der Waals surface area contributed by atoms with E-state index in [1.54, 1.807) is 11.8 Å². The maximum absolute atomic E-state index is 11.9. The highest BCUT2D eigenvalue weighted by molar-refractivity contribution is 9.10. The van der Waals surface area contributed by atoms with E-state index < -0.39 is 0 Å². The molecule has 0 atom stereocenters. The second-order valence-electron chi connectivity index (χ2n) is 4.50. The molecule has 0 bridgehead atoms. The lowest BCUT2D eigenvalue weighted by Gasteiger charge is -2.09. The van der Waals surface area contributed by atoms with Crippen molar-refractivity contribution in [3.05, 3.63) is 52.5 Å². The van der Waals surface area contributed by atoms with E-state index in [0.29, 0.717) is 5.75 Å². The third-order valence-electron chi connectivity index (χ3n) is 2.83. The first-order chi connectivity index (χ1) is 10.1. The van der Waals surface area contributed by atoms with Gasteiger partial charge in [0.1, 0.15) is 5.75 Å². The second kappa shape index (κ2) is 7.52. The van der Waals surface area contributed by atoms with Crippen molar-refractivity contribution in [2.45, 2.75) is 11.8 Å². The van der Waals surface area contributed by atoms with Crippen LogP contribution in [0.5, 0.6) is 5.75 Å². The van der Waals surface area contributed by atoms with Crippen LogP contribution in [0.1, 0.15) is 5.56 Å². The number of hydrogen-bond donors (Lipinski definition) is 1. The molecule has 110 valence electrons. The van der Waals surface area contributed by atoms with Crippen molar-refractivity contribution >= 4 is 39.3 Å². The summed E-state index contributed by atoms with van der Waals surface area (Å²) in [5, 5.41) is 2.82. The van der Waals surface area contributed by atoms with E-state index in [1.165, 1.54) is 0 Å². The first-order valence-corrected chi connectivity index (χ1v) is 8.43. The van der Waals surface area contributed by atoms with Crippen molar-refractivity contribution < 1.29 is 9.53 Å². The zero-order valence-corrected chi connectivity index (χ0v) is 14.3. The number of nitrogens with one attached hydrogen (secondary N) is 1. The number of aryl methyl sites for hydroxylation is 1. The predicted molar refractivity (Wildman–Crippen MR) is 91.2 cm³/mol. The van der Waals surface area contributed by atoms with Crippen molar-refractivity contribution in [1.82, 2.24) is 0 Å². The Bertz CT molecular complexity index is 629. The third-order valence-corrected chi connectivity index (χ3v) is 4.23. The molecule has 0 heterocycles. The Morgan fingerprint density at radius 2 is 1.95 bits per heavy atom. The number of hydrogen-bond acceptors (Lipinski definition) is 3. The number of anilines is 1. The Balaban J connectivity index is 1.89. The number of ether oxygens (including phenoxy) is 1. The molecule has 0 radical (unpaired) electrons. The summed E-state index contributed by atoms with van der Waals surface area (Å²) in [5.74, 6) is 0.499. The summed E-state index contributed by atoms with van der Waals surface area (Å²) in [4.78, 5) is 13.0. The molecular weight excluding hydrogens is 350 g/mol. The molecule has 3 nitrogen and oxygen atoms in total. The lowest BCUT2D eigenvalue weighted by molar-refractivity contribution is -0.118. The van der Waals surface area contributed by atoms with Gasteiger partial charge >= 0.3 is 0 Å². The Morgan fingerprint density at radius 1 is 1.24 bits per heavy atom. The van der Waals surface area contributed by atoms with Gasteiger partial charge in [-0.05, 0) is 71.1 Å². The fourth-order valence-corrected chi connectivity index (χ4v) is 2.73. The van der Waals surface area contributed by atoms with Gasteiger partial charge in [-0.2, -0.15) is 0 Å². The molecule has 1 amide bonds. The molecule has 0 aliphatic carbocycles. The molecule has 5 heteroatoms. The normalized spacial score (nSPS) is 10.2. The van der Waals surface area contributed by atoms with Crippen molar-refractivity contribution in [2.75, 3.05) is 18.2 Å². The van der Waals surface area contributed by atoms with Gasteiger partial charge in [0, 0.05) is 9.37 Å². The van der Waals surface area contributed by atoms with Gasteiger partial charge in [-0.25, -0.2) is 0 Å². The van der Waals surface area contributed by atoms with Gasteiger partial charge in [0.2, 0.25) is 0 Å². The van der Waals surface area contributed by atoms with Crippen LogP contribution < -0.4 is 10.1 Å². The zero-order chi connectivity index (χ0) is 15.2. The van der Waals surface area contributed by atoms with Gasteiger partial charge in [0.05, 0.1) is 5.69 Å². The van der Waals surface area contributed by atoms with Crippen LogP contribution >= 0.6 is 27.7 Å². The van der Waals surface area contributed by atoms with Crippen molar-refractivity contribution in [3.8, 4) is 5.75 Å². The number of halogens is 1. The van der Waals surface area contributed by atoms with Crippen LogP contribution in [-0.4, -0.2) is 18.8 Å². The standard InChI is InChI=1S/C16H16BrNO2S/c1-11-3-8-15(14(17)9-11)18-16(19)10-20-12-4-6-13(21-2)7-5-12/h3-9H,10H2,1-2H3,(H,18,19). The van der Waals surface area contributed by atoms with Gasteiger partial charge in [-0.1, -0.05) is 6.07 Å². The van der Waals surface area contributed by atoms with Crippen LogP contribution in [0.3, 0.4) is 0 Å². The number of benzene rings is 2. The Labute approximate surface area is 137 Å². The van der Waals surface area contributed by atoms with E-state index in [4.69, 9.17) is 4.74 Å². The van der Waals surface area contributed by atoms with Gasteiger partial charge in [0.15, 0.2) is 6.61 Å². The van der Waals surface area contributed by atoms with Crippen LogP contribution in [0.15, 0.2) is 51.8 Å². The molecule has 0 fully saturated rings. The van der Waals surface area contributed by atoms with E-state index in [-0.39, 0.29) is 12.5 Å². The van der Waals surface area contributed by atoms with Crippen LogP contribution in [-0.2, 0) is 4.79 Å². The van der Waals surface area contributed by atoms with E-state index in [1.807, 2.05) is 55.6 Å². The first-order valence-electron chi connectivity index (χ1n) is 6.41. The first kappa shape index (κ1) is 15.9. The molecule has 0 spiro atoms. The number of rotatable bonds is 5. The molecule has 0 unspecified atom stereocenters. The van der Waals surface area contributed by atoms with E-state index >= 15 is 0 Å². The number of carbonyl (C=O) groups is 1. The van der Waals surface area contributed by atoms with E-state index in [2.05, 4.69) is 21.2 Å². The van der Waals surface area contributed by atoms with Crippen molar-refractivity contribution in [3.63, 3.8) is 0 Å². The lowest BCUT2D eigenvalue weighted by atomic mass is 10.2. The van der Waals surface area contributed by atoms with E-state index in [9.17, 15) is 4.79 Å². The quantitative estimate of drug-likeness (QED) is 0.792. The molecule has 2 aromatic carbocycles. The van der Waals surface area contributed by atoms with Gasteiger partial charge in [-0.3, -0.25) is 4.79 Å². The molecule has 21 heavy (non-hydrogen) atoms. The second-order valence-corrected chi connectivity index (χ2v) is 6.23. The minimum Gasteiger partial charge on any atom is -0.484 e. The fourth-order valence-electron chi connectivity index (χ4n) is 1.73. The predicted octanol–water partition coefficient (Wildman–Crippen LogP) is 4.50. The highest BCUT2D eigenvalue weighted by Crippen LogP contribution is 2.23. The molecule has 1 N–H and O–H groups in total. The summed E-state index contributed by atoms with van der Waals surface area (Å²) in [7, 11) is 0. The molecule has 0 saturated carbocycles. The summed E-state index contributed by atoms with van der Waals surface area (Å²) in [5.41, 5.74) is 1.87. The summed E-state index contributed by atoms with van der Waals surface area (Å²) in [6.45, 7) is 1.98. The number of thioether (sulfide) groups is 1. The molecule has 0 aliphatic rings. The fraction of sp³-hybridized carbons (Fsp3) is 0.188. The SMILES string of the molecule is CSc1ccc(OCC(=O)Nc2ccc(C)cc2Br)cc1. The molecule has 2 rings (SSSR count). The number of carbonyl (C=O) groups excluding carboxylic acids is 1. The van der Waals surface area contributed by atoms with Gasteiger partial charge in [0.25, 0.3) is 5.91 Å². The monoisotopic (exact) mass is 365 g/mol. The molecule has 0 aliphatic heterocycles. The third kappa shape index (κ3) is 4.79. The van der Waals surface area contributed by atoms with Gasteiger partial charge in [-0.15, -0.1) is 11.8 Å². The molecule has 0 aromatic heterocycles. The largest absolute Gasteiger partial charge is 0.484 e. The summed E-state index contributed by atoms with van der Waals surface area (Å²) < 4.78 is 6.33. The maximum atomic E-state index is 11.9.